The van der Waals surface area contributed by atoms with Gasteiger partial charge in [0.1, 0.15) is 5.65 Å². The van der Waals surface area contributed by atoms with Crippen LogP contribution in [0.3, 0.4) is 0 Å². The van der Waals surface area contributed by atoms with Gasteiger partial charge in [0.15, 0.2) is 0 Å². The monoisotopic (exact) mass is 325 g/mol. The van der Waals surface area contributed by atoms with Gasteiger partial charge in [-0.05, 0) is 18.6 Å². The number of aliphatic hydroxyl groups excluding tert-OH is 1. The lowest BCUT2D eigenvalue weighted by Gasteiger charge is -2.36. The van der Waals surface area contributed by atoms with E-state index in [0.717, 1.165) is 40.9 Å². The van der Waals surface area contributed by atoms with Crippen molar-refractivity contribution in [1.29, 1.82) is 0 Å². The summed E-state index contributed by atoms with van der Waals surface area (Å²) in [5.74, 6) is 0.228. The van der Waals surface area contributed by atoms with Crippen molar-refractivity contribution in [2.75, 3.05) is 23.7 Å². The molecular formula is C16H19N7O. The zero-order chi connectivity index (χ0) is 16.7. The van der Waals surface area contributed by atoms with E-state index < -0.39 is 6.10 Å². The van der Waals surface area contributed by atoms with Crippen molar-refractivity contribution in [3.05, 3.63) is 30.7 Å². The summed E-state index contributed by atoms with van der Waals surface area (Å²) in [5.41, 5.74) is 15.0. The molecule has 4 heterocycles. The maximum atomic E-state index is 10.1. The van der Waals surface area contributed by atoms with Gasteiger partial charge in [0.2, 0.25) is 5.95 Å². The largest absolute Gasteiger partial charge is 0.390 e. The Labute approximate surface area is 138 Å². The zero-order valence-corrected chi connectivity index (χ0v) is 13.1. The molecule has 4 rings (SSSR count). The number of nitrogens with zero attached hydrogens (tertiary/aromatic N) is 4. The molecular weight excluding hydrogens is 306 g/mol. The van der Waals surface area contributed by atoms with Crippen LogP contribution >= 0.6 is 0 Å². The van der Waals surface area contributed by atoms with Gasteiger partial charge in [0.05, 0.1) is 22.9 Å². The van der Waals surface area contributed by atoms with E-state index >= 15 is 0 Å². The number of nitrogen functional groups attached to an aromatic ring is 1. The van der Waals surface area contributed by atoms with E-state index in [1.165, 1.54) is 0 Å². The van der Waals surface area contributed by atoms with Gasteiger partial charge in [-0.2, -0.15) is 0 Å². The molecule has 1 aliphatic heterocycles. The van der Waals surface area contributed by atoms with Crippen LogP contribution in [0.4, 0.5) is 11.6 Å². The molecule has 3 aromatic rings. The minimum absolute atomic E-state index is 0.175. The first-order chi connectivity index (χ1) is 11.6. The standard InChI is InChI=1S/C16H19N7O/c17-10-3-6-23(8-13(10)24)12-2-5-19-15-14(12)9(7-21-15)11-1-4-20-16(18)22-11/h1-2,4-5,7,10,13,24H,3,6,8,17H2,(H,19,21)(H2,18,20,22)/t10-,13-/m0/s1. The van der Waals surface area contributed by atoms with Crippen LogP contribution in [0, 0.1) is 0 Å². The molecule has 0 aromatic carbocycles. The number of nitrogens with two attached hydrogens (primary N) is 2. The molecule has 8 heteroatoms. The minimum Gasteiger partial charge on any atom is -0.390 e. The van der Waals surface area contributed by atoms with E-state index in [1.54, 1.807) is 12.4 Å². The van der Waals surface area contributed by atoms with Crippen LogP contribution in [0.5, 0.6) is 0 Å². The number of β-amino-alcohol motifs (C(OH)–C–C–N with tert-alkyl or cyclic N) is 1. The van der Waals surface area contributed by atoms with Crippen molar-refractivity contribution in [3.8, 4) is 11.3 Å². The van der Waals surface area contributed by atoms with Crippen LogP contribution < -0.4 is 16.4 Å². The fraction of sp³-hybridized carbons (Fsp3) is 0.312. The van der Waals surface area contributed by atoms with Crippen molar-refractivity contribution in [2.24, 2.45) is 5.73 Å². The van der Waals surface area contributed by atoms with E-state index in [9.17, 15) is 5.11 Å². The Morgan fingerprint density at radius 1 is 1.25 bits per heavy atom. The number of nitrogens with one attached hydrogen (secondary N) is 1. The molecule has 6 N–H and O–H groups in total. The van der Waals surface area contributed by atoms with Gasteiger partial charge < -0.3 is 26.5 Å². The molecule has 0 unspecified atom stereocenters. The molecule has 0 spiro atoms. The van der Waals surface area contributed by atoms with Gasteiger partial charge in [0, 0.05) is 43.3 Å². The second kappa shape index (κ2) is 5.73. The quantitative estimate of drug-likeness (QED) is 0.540. The lowest BCUT2D eigenvalue weighted by atomic mass is 10.0. The lowest BCUT2D eigenvalue weighted by Crippen LogP contribution is -2.50. The lowest BCUT2D eigenvalue weighted by molar-refractivity contribution is 0.132. The van der Waals surface area contributed by atoms with E-state index in [1.807, 2.05) is 18.3 Å². The highest BCUT2D eigenvalue weighted by Gasteiger charge is 2.27. The first kappa shape index (κ1) is 14.9. The topological polar surface area (TPSA) is 130 Å². The van der Waals surface area contributed by atoms with E-state index in [2.05, 4.69) is 24.8 Å². The summed E-state index contributed by atoms with van der Waals surface area (Å²) in [7, 11) is 0. The number of hydrogen-bond donors (Lipinski definition) is 4. The summed E-state index contributed by atoms with van der Waals surface area (Å²) in [4.78, 5) is 18.0. The number of fused-ring (bicyclic) bond motifs is 1. The summed E-state index contributed by atoms with van der Waals surface area (Å²) in [6.07, 6.45) is 5.46. The van der Waals surface area contributed by atoms with Crippen LogP contribution in [0.1, 0.15) is 6.42 Å². The van der Waals surface area contributed by atoms with Crippen LogP contribution in [-0.4, -0.2) is 50.3 Å². The highest BCUT2D eigenvalue weighted by Crippen LogP contribution is 2.35. The van der Waals surface area contributed by atoms with Gasteiger partial charge in [-0.3, -0.25) is 0 Å². The van der Waals surface area contributed by atoms with Gasteiger partial charge in [-0.25, -0.2) is 15.0 Å². The summed E-state index contributed by atoms with van der Waals surface area (Å²) in [5, 5.41) is 11.1. The normalized spacial score (nSPS) is 21.3. The van der Waals surface area contributed by atoms with Crippen LogP contribution in [0.15, 0.2) is 30.7 Å². The van der Waals surface area contributed by atoms with Crippen LogP contribution in [0.25, 0.3) is 22.3 Å². The molecule has 0 saturated carbocycles. The molecule has 3 aromatic heterocycles. The molecule has 2 atom stereocenters. The third kappa shape index (κ3) is 2.45. The average molecular weight is 325 g/mol. The van der Waals surface area contributed by atoms with E-state index in [-0.39, 0.29) is 12.0 Å². The number of aromatic amines is 1. The van der Waals surface area contributed by atoms with Gasteiger partial charge in [0.25, 0.3) is 0 Å². The Kier molecular flexibility index (Phi) is 3.55. The second-order valence-electron chi connectivity index (χ2n) is 6.02. The number of aliphatic hydroxyl groups is 1. The first-order valence-corrected chi connectivity index (χ1v) is 7.87. The Morgan fingerprint density at radius 2 is 2.08 bits per heavy atom. The number of anilines is 2. The molecule has 0 aliphatic carbocycles. The van der Waals surface area contributed by atoms with Crippen molar-refractivity contribution in [1.82, 2.24) is 19.9 Å². The molecule has 124 valence electrons. The summed E-state index contributed by atoms with van der Waals surface area (Å²) < 4.78 is 0. The Bertz CT molecular complexity index is 878. The fourth-order valence-electron chi connectivity index (χ4n) is 3.20. The number of rotatable bonds is 2. The predicted molar refractivity (Wildman–Crippen MR) is 92.3 cm³/mol. The molecule has 8 nitrogen and oxygen atoms in total. The zero-order valence-electron chi connectivity index (χ0n) is 13.1. The molecule has 1 aliphatic rings. The Morgan fingerprint density at radius 3 is 2.88 bits per heavy atom. The molecule has 0 radical (unpaired) electrons. The SMILES string of the molecule is Nc1nccc(-c2c[nH]c3nccc(N4CC[C@H](N)[C@@H](O)C4)c23)n1. The summed E-state index contributed by atoms with van der Waals surface area (Å²) >= 11 is 0. The van der Waals surface area contributed by atoms with Crippen molar-refractivity contribution in [2.45, 2.75) is 18.6 Å². The molecule has 24 heavy (non-hydrogen) atoms. The van der Waals surface area contributed by atoms with Gasteiger partial charge >= 0.3 is 0 Å². The third-order valence-electron chi connectivity index (χ3n) is 4.48. The first-order valence-electron chi connectivity index (χ1n) is 7.87. The van der Waals surface area contributed by atoms with E-state index in [4.69, 9.17) is 11.5 Å². The summed E-state index contributed by atoms with van der Waals surface area (Å²) in [6, 6.07) is 3.59. The molecule has 0 bridgehead atoms. The van der Waals surface area contributed by atoms with Crippen LogP contribution in [0.2, 0.25) is 0 Å². The molecule has 1 saturated heterocycles. The maximum absolute atomic E-state index is 10.1. The smallest absolute Gasteiger partial charge is 0.220 e. The van der Waals surface area contributed by atoms with Crippen LogP contribution in [-0.2, 0) is 0 Å². The summed E-state index contributed by atoms with van der Waals surface area (Å²) in [6.45, 7) is 1.28. The number of hydrogen-bond acceptors (Lipinski definition) is 7. The van der Waals surface area contributed by atoms with Gasteiger partial charge in [-0.15, -0.1) is 0 Å². The van der Waals surface area contributed by atoms with E-state index in [0.29, 0.717) is 6.54 Å². The number of pyridine rings is 1. The second-order valence-corrected chi connectivity index (χ2v) is 6.02. The third-order valence-corrected chi connectivity index (χ3v) is 4.48. The predicted octanol–water partition coefficient (Wildman–Crippen LogP) is 0.500. The molecule has 1 fully saturated rings. The minimum atomic E-state index is -0.543. The van der Waals surface area contributed by atoms with Crippen molar-refractivity contribution >= 4 is 22.7 Å². The Hall–Kier alpha value is -2.71. The number of piperidine rings is 1. The highest BCUT2D eigenvalue weighted by atomic mass is 16.3. The highest BCUT2D eigenvalue weighted by molar-refractivity contribution is 6.02. The average Bonchev–Trinajstić information content (AvgIpc) is 3.01. The van der Waals surface area contributed by atoms with Crippen molar-refractivity contribution in [3.63, 3.8) is 0 Å². The fourth-order valence-corrected chi connectivity index (χ4v) is 3.20. The number of H-pyrrole nitrogens is 1. The maximum Gasteiger partial charge on any atom is 0.220 e. The van der Waals surface area contributed by atoms with Gasteiger partial charge in [-0.1, -0.05) is 0 Å². The Balaban J connectivity index is 1.83. The van der Waals surface area contributed by atoms with Crippen molar-refractivity contribution < 1.29 is 5.11 Å². The number of aromatic nitrogens is 4. The molecule has 0 amide bonds.